The van der Waals surface area contributed by atoms with Crippen LogP contribution in [0.15, 0.2) is 54.3 Å². The Bertz CT molecular complexity index is 945. The van der Waals surface area contributed by atoms with Crippen LogP contribution in [-0.2, 0) is 14.3 Å². The van der Waals surface area contributed by atoms with E-state index in [4.69, 9.17) is 10.2 Å². The number of H-pyrrole nitrogens is 1. The second-order valence-electron chi connectivity index (χ2n) is 6.01. The Morgan fingerprint density at radius 1 is 1.22 bits per heavy atom. The number of esters is 1. The molecule has 2 atom stereocenters. The van der Waals surface area contributed by atoms with Crippen LogP contribution in [0.5, 0.6) is 0 Å². The van der Waals surface area contributed by atoms with Gasteiger partial charge >= 0.3 is 17.9 Å². The van der Waals surface area contributed by atoms with E-state index in [1.165, 1.54) is 32.3 Å². The predicted octanol–water partition coefficient (Wildman–Crippen LogP) is 3.38. The molecule has 1 aliphatic rings. The van der Waals surface area contributed by atoms with Crippen molar-refractivity contribution < 1.29 is 29.3 Å². The summed E-state index contributed by atoms with van der Waals surface area (Å²) in [6.45, 7) is 1.47. The number of carbonyl (C=O) groups is 3. The summed E-state index contributed by atoms with van der Waals surface area (Å²) < 4.78 is 4.61. The van der Waals surface area contributed by atoms with E-state index >= 15 is 0 Å². The molecule has 0 radical (unpaired) electrons. The van der Waals surface area contributed by atoms with Gasteiger partial charge in [-0.05, 0) is 30.5 Å². The number of alkyl halides is 1. The van der Waals surface area contributed by atoms with Crippen molar-refractivity contribution in [2.45, 2.75) is 11.8 Å². The third-order valence-corrected chi connectivity index (χ3v) is 5.65. The highest BCUT2D eigenvalue weighted by Gasteiger charge is 2.43. The van der Waals surface area contributed by atoms with Crippen molar-refractivity contribution in [2.24, 2.45) is 5.41 Å². The summed E-state index contributed by atoms with van der Waals surface area (Å²) in [5.74, 6) is -2.47. The maximum atomic E-state index is 11.1. The summed E-state index contributed by atoms with van der Waals surface area (Å²) in [7, 11) is 1.38. The molecule has 0 spiro atoms. The Hall–Kier alpha value is -2.87. The van der Waals surface area contributed by atoms with Crippen LogP contribution in [0.1, 0.15) is 17.3 Å². The van der Waals surface area contributed by atoms with Crippen molar-refractivity contribution in [1.29, 1.82) is 0 Å². The lowest BCUT2D eigenvalue weighted by Gasteiger charge is -2.29. The van der Waals surface area contributed by atoms with Gasteiger partial charge in [-0.15, -0.1) is 0 Å². The van der Waals surface area contributed by atoms with Crippen molar-refractivity contribution in [3.05, 3.63) is 59.8 Å². The van der Waals surface area contributed by atoms with Gasteiger partial charge in [-0.3, -0.25) is 4.79 Å². The molecule has 0 saturated heterocycles. The van der Waals surface area contributed by atoms with Crippen molar-refractivity contribution in [3.63, 3.8) is 0 Å². The quantitative estimate of drug-likeness (QED) is 0.502. The zero-order chi connectivity index (χ0) is 20.2. The Labute approximate surface area is 163 Å². The van der Waals surface area contributed by atoms with Gasteiger partial charge in [-0.25, -0.2) is 9.59 Å². The highest BCUT2D eigenvalue weighted by molar-refractivity contribution is 9.09. The number of nitrogens with one attached hydrogen (secondary N) is 1. The monoisotopic (exact) mass is 435 g/mol. The van der Waals surface area contributed by atoms with Crippen molar-refractivity contribution in [2.75, 3.05) is 7.11 Å². The first-order chi connectivity index (χ1) is 12.7. The number of ether oxygens (including phenoxy) is 1. The summed E-state index contributed by atoms with van der Waals surface area (Å²) in [5, 5.41) is 18.9. The fraction of sp³-hybridized carbons (Fsp3) is 0.211. The van der Waals surface area contributed by atoms with Gasteiger partial charge in [-0.1, -0.05) is 40.2 Å². The van der Waals surface area contributed by atoms with Gasteiger partial charge in [0.15, 0.2) is 0 Å². The van der Waals surface area contributed by atoms with E-state index in [-0.39, 0.29) is 11.5 Å². The second kappa shape index (κ2) is 8.22. The van der Waals surface area contributed by atoms with Crippen LogP contribution < -0.4 is 0 Å². The SMILES string of the molecule is CC1(C(=O)O)C=CC=C(C(=O)O)C1Br.COC(=O)c1ccc2cc[nH]c2c1. The number of aromatic amines is 1. The minimum Gasteiger partial charge on any atom is -0.481 e. The minimum atomic E-state index is -1.21. The molecule has 0 bridgehead atoms. The molecule has 142 valence electrons. The summed E-state index contributed by atoms with van der Waals surface area (Å²) in [5.41, 5.74) is 0.361. The zero-order valence-corrected chi connectivity index (χ0v) is 16.2. The standard InChI is InChI=1S/C10H9NO2.C9H9BrO4/c1-13-10(12)8-3-2-7-4-5-11-9(7)6-8;1-9(8(13)14)4-2-3-5(6(9)10)7(11)12/h2-6,11H,1H3;2-4,6H,1H3,(H,11,12)(H,13,14). The Morgan fingerprint density at radius 2 is 1.93 bits per heavy atom. The van der Waals surface area contributed by atoms with Gasteiger partial charge in [0, 0.05) is 11.7 Å². The van der Waals surface area contributed by atoms with Gasteiger partial charge in [0.2, 0.25) is 0 Å². The van der Waals surface area contributed by atoms with E-state index in [9.17, 15) is 14.4 Å². The van der Waals surface area contributed by atoms with Crippen molar-refractivity contribution in [3.8, 4) is 0 Å². The molecule has 7 nitrogen and oxygen atoms in total. The smallest absolute Gasteiger partial charge is 0.337 e. The predicted molar refractivity (Wildman–Crippen MR) is 103 cm³/mol. The molecule has 0 saturated carbocycles. The fourth-order valence-electron chi connectivity index (χ4n) is 2.50. The molecule has 0 amide bonds. The average molecular weight is 436 g/mol. The molecule has 1 aliphatic carbocycles. The molecule has 1 heterocycles. The van der Waals surface area contributed by atoms with Crippen molar-refractivity contribution in [1.82, 2.24) is 4.98 Å². The number of hydrogen-bond acceptors (Lipinski definition) is 4. The summed E-state index contributed by atoms with van der Waals surface area (Å²) in [4.78, 5) is 35.2. The first-order valence-corrected chi connectivity index (χ1v) is 8.78. The van der Waals surface area contributed by atoms with Crippen molar-refractivity contribution >= 4 is 44.7 Å². The van der Waals surface area contributed by atoms with E-state index in [2.05, 4.69) is 25.7 Å². The van der Waals surface area contributed by atoms with Gasteiger partial charge in [-0.2, -0.15) is 0 Å². The molecule has 2 unspecified atom stereocenters. The third kappa shape index (κ3) is 4.28. The van der Waals surface area contributed by atoms with E-state index < -0.39 is 22.2 Å². The van der Waals surface area contributed by atoms with E-state index in [0.29, 0.717) is 5.56 Å². The number of rotatable bonds is 3. The maximum absolute atomic E-state index is 11.1. The van der Waals surface area contributed by atoms with Crippen LogP contribution in [0.2, 0.25) is 0 Å². The number of fused-ring (bicyclic) bond motifs is 1. The maximum Gasteiger partial charge on any atom is 0.337 e. The number of methoxy groups -OCH3 is 1. The number of benzene rings is 1. The second-order valence-corrected chi connectivity index (χ2v) is 6.92. The summed E-state index contributed by atoms with van der Waals surface area (Å²) >= 11 is 3.10. The number of aromatic nitrogens is 1. The van der Waals surface area contributed by atoms with Crippen LogP contribution in [-0.4, -0.2) is 45.0 Å². The third-order valence-electron chi connectivity index (χ3n) is 4.20. The molecule has 3 rings (SSSR count). The van der Waals surface area contributed by atoms with Crippen LogP contribution in [0.4, 0.5) is 0 Å². The summed E-state index contributed by atoms with van der Waals surface area (Å²) in [6, 6.07) is 7.37. The number of carboxylic acids is 2. The lowest BCUT2D eigenvalue weighted by molar-refractivity contribution is -0.145. The highest BCUT2D eigenvalue weighted by Crippen LogP contribution is 2.37. The molecule has 1 aromatic heterocycles. The lowest BCUT2D eigenvalue weighted by atomic mass is 9.80. The van der Waals surface area contributed by atoms with Crippen LogP contribution in [0, 0.1) is 5.41 Å². The van der Waals surface area contributed by atoms with Crippen LogP contribution >= 0.6 is 15.9 Å². The fourth-order valence-corrected chi connectivity index (χ4v) is 3.19. The average Bonchev–Trinajstić information content (AvgIpc) is 3.11. The topological polar surface area (TPSA) is 117 Å². The molecule has 8 heteroatoms. The number of carbonyl (C=O) groups excluding carboxylic acids is 1. The van der Waals surface area contributed by atoms with E-state index in [1.807, 2.05) is 18.3 Å². The van der Waals surface area contributed by atoms with Gasteiger partial charge in [0.1, 0.15) is 5.41 Å². The molecular formula is C19H18BrNO6. The normalized spacial score (nSPS) is 21.0. The Kier molecular flexibility index (Phi) is 6.22. The van der Waals surface area contributed by atoms with E-state index in [1.54, 1.807) is 12.1 Å². The highest BCUT2D eigenvalue weighted by atomic mass is 79.9. The van der Waals surface area contributed by atoms with Gasteiger partial charge < -0.3 is 19.9 Å². The van der Waals surface area contributed by atoms with Crippen LogP contribution in [0.3, 0.4) is 0 Å². The van der Waals surface area contributed by atoms with Gasteiger partial charge in [0.25, 0.3) is 0 Å². The number of halogens is 1. The molecule has 0 fully saturated rings. The number of hydrogen-bond donors (Lipinski definition) is 3. The van der Waals surface area contributed by atoms with Gasteiger partial charge in [0.05, 0.1) is 23.1 Å². The molecule has 1 aromatic carbocycles. The Balaban J connectivity index is 0.000000194. The summed E-state index contributed by atoms with van der Waals surface area (Å²) in [6.07, 6.45) is 6.16. The molecule has 27 heavy (non-hydrogen) atoms. The first-order valence-electron chi connectivity index (χ1n) is 7.86. The number of carboxylic acid groups (broad SMARTS) is 2. The van der Waals surface area contributed by atoms with Crippen LogP contribution in [0.25, 0.3) is 10.9 Å². The zero-order valence-electron chi connectivity index (χ0n) is 14.6. The largest absolute Gasteiger partial charge is 0.481 e. The minimum absolute atomic E-state index is 0.0531. The Morgan fingerprint density at radius 3 is 2.52 bits per heavy atom. The molecule has 3 N–H and O–H groups in total. The lowest BCUT2D eigenvalue weighted by Crippen LogP contribution is -2.38. The number of allylic oxidation sites excluding steroid dienone is 2. The molecule has 0 aliphatic heterocycles. The molecular weight excluding hydrogens is 418 g/mol. The first kappa shape index (κ1) is 20.4. The van der Waals surface area contributed by atoms with E-state index in [0.717, 1.165) is 10.9 Å². The number of aliphatic carboxylic acids is 2. The molecule has 2 aromatic rings.